The third-order valence-corrected chi connectivity index (χ3v) is 7.78. The van der Waals surface area contributed by atoms with Crippen molar-refractivity contribution in [1.29, 1.82) is 0 Å². The van der Waals surface area contributed by atoms with E-state index in [1.54, 1.807) is 16.5 Å². The summed E-state index contributed by atoms with van der Waals surface area (Å²) in [6.45, 7) is 2.75. The molecular weight excluding hydrogens is 533 g/mol. The average Bonchev–Trinajstić information content (AvgIpc) is 3.31. The zero-order valence-electron chi connectivity index (χ0n) is 22.9. The number of nitrogens with zero attached hydrogens (tertiary/aromatic N) is 4. The predicted octanol–water partition coefficient (Wildman–Crippen LogP) is 4.61. The number of carbonyl (C=O) groups is 2. The van der Waals surface area contributed by atoms with Gasteiger partial charge in [-0.3, -0.25) is 18.6 Å². The Bertz CT molecular complexity index is 1380. The van der Waals surface area contributed by atoms with Crippen molar-refractivity contribution in [2.24, 2.45) is 7.05 Å². The summed E-state index contributed by atoms with van der Waals surface area (Å²) in [5.41, 5.74) is 5.13. The summed E-state index contributed by atoms with van der Waals surface area (Å²) in [4.78, 5) is 37.1. The number of aryl methyl sites for hydroxylation is 1. The van der Waals surface area contributed by atoms with Crippen LogP contribution in [0.4, 0.5) is 5.69 Å². The maximum atomic E-state index is 13.5. The lowest BCUT2D eigenvalue weighted by molar-refractivity contribution is -0.125. The van der Waals surface area contributed by atoms with Crippen molar-refractivity contribution in [2.45, 2.75) is 52.0 Å². The molecule has 0 saturated carbocycles. The molecule has 4 rings (SSSR count). The topological polar surface area (TPSA) is 136 Å². The SMILES string of the molecule is CCOP(=O)(O)OCCCCCCNC(=O)CCC(=O)N1Cc2ccccc2-c2c(nnn2C)-c2ccccc21. The minimum Gasteiger partial charge on any atom is -0.356 e. The van der Waals surface area contributed by atoms with Gasteiger partial charge in [-0.1, -0.05) is 60.5 Å². The van der Waals surface area contributed by atoms with Crippen molar-refractivity contribution in [3.05, 3.63) is 54.1 Å². The van der Waals surface area contributed by atoms with E-state index in [0.717, 1.165) is 47.3 Å². The summed E-state index contributed by atoms with van der Waals surface area (Å²) < 4.78 is 22.7. The van der Waals surface area contributed by atoms with E-state index in [-0.39, 0.29) is 37.9 Å². The first kappa shape index (κ1) is 29.6. The summed E-state index contributed by atoms with van der Waals surface area (Å²) >= 11 is 0. The van der Waals surface area contributed by atoms with Gasteiger partial charge in [-0.25, -0.2) is 9.25 Å². The monoisotopic (exact) mass is 569 g/mol. The molecule has 2 heterocycles. The van der Waals surface area contributed by atoms with Gasteiger partial charge >= 0.3 is 7.82 Å². The number of amides is 2. The summed E-state index contributed by atoms with van der Waals surface area (Å²) in [5.74, 6) is -0.315. The van der Waals surface area contributed by atoms with Crippen LogP contribution in [0.1, 0.15) is 51.0 Å². The maximum Gasteiger partial charge on any atom is 0.472 e. The van der Waals surface area contributed by atoms with E-state index in [1.807, 2.05) is 55.6 Å². The van der Waals surface area contributed by atoms with Gasteiger partial charge in [-0.2, -0.15) is 0 Å². The van der Waals surface area contributed by atoms with Gasteiger partial charge < -0.3 is 15.1 Å². The molecule has 2 N–H and O–H groups in total. The van der Waals surface area contributed by atoms with Gasteiger partial charge in [0, 0.05) is 37.6 Å². The normalized spacial score (nSPS) is 13.8. The molecule has 12 heteroatoms. The van der Waals surface area contributed by atoms with Crippen LogP contribution in [0, 0.1) is 0 Å². The molecule has 3 aromatic rings. The number of aromatic nitrogens is 3. The zero-order valence-corrected chi connectivity index (χ0v) is 23.8. The molecule has 0 aliphatic carbocycles. The van der Waals surface area contributed by atoms with Crippen molar-refractivity contribution < 1.29 is 28.1 Å². The van der Waals surface area contributed by atoms with E-state index in [1.165, 1.54) is 0 Å². The Hall–Kier alpha value is -3.37. The van der Waals surface area contributed by atoms with Crippen molar-refractivity contribution in [1.82, 2.24) is 20.3 Å². The Kier molecular flexibility index (Phi) is 10.2. The molecule has 1 aliphatic rings. The van der Waals surface area contributed by atoms with Crippen LogP contribution in [0.5, 0.6) is 0 Å². The third-order valence-electron chi connectivity index (χ3n) is 6.68. The van der Waals surface area contributed by atoms with Gasteiger partial charge in [0.1, 0.15) is 5.69 Å². The smallest absolute Gasteiger partial charge is 0.356 e. The molecule has 11 nitrogen and oxygen atoms in total. The summed E-state index contributed by atoms with van der Waals surface area (Å²) in [6, 6.07) is 15.6. The fourth-order valence-corrected chi connectivity index (χ4v) is 5.51. The van der Waals surface area contributed by atoms with Crippen LogP contribution in [0.3, 0.4) is 0 Å². The average molecular weight is 570 g/mol. The van der Waals surface area contributed by atoms with Crippen molar-refractivity contribution >= 4 is 25.3 Å². The minimum atomic E-state index is -3.94. The van der Waals surface area contributed by atoms with Gasteiger partial charge in [-0.15, -0.1) is 5.10 Å². The number of hydrogen-bond acceptors (Lipinski definition) is 7. The molecule has 0 bridgehead atoms. The first-order chi connectivity index (χ1) is 19.3. The van der Waals surface area contributed by atoms with Crippen LogP contribution >= 0.6 is 7.82 Å². The van der Waals surface area contributed by atoms with Crippen molar-refractivity contribution in [3.63, 3.8) is 0 Å². The molecule has 40 heavy (non-hydrogen) atoms. The number of phosphoric ester groups is 1. The highest BCUT2D eigenvalue weighted by Gasteiger charge is 2.28. The van der Waals surface area contributed by atoms with Crippen molar-refractivity contribution in [2.75, 3.05) is 24.7 Å². The van der Waals surface area contributed by atoms with Gasteiger partial charge in [0.25, 0.3) is 0 Å². The minimum absolute atomic E-state index is 0.0774. The molecule has 1 atom stereocenters. The quantitative estimate of drug-likeness (QED) is 0.225. The Labute approximate surface area is 234 Å². The number of para-hydroxylation sites is 1. The third kappa shape index (κ3) is 7.42. The zero-order chi connectivity index (χ0) is 28.5. The Morgan fingerprint density at radius 2 is 1.73 bits per heavy atom. The molecule has 1 aliphatic heterocycles. The largest absolute Gasteiger partial charge is 0.472 e. The summed E-state index contributed by atoms with van der Waals surface area (Å²) in [6.07, 6.45) is 3.18. The Morgan fingerprint density at radius 3 is 2.52 bits per heavy atom. The van der Waals surface area contributed by atoms with E-state index in [9.17, 15) is 19.0 Å². The molecule has 0 spiro atoms. The number of anilines is 1. The second-order valence-corrected chi connectivity index (χ2v) is 11.0. The fraction of sp³-hybridized carbons (Fsp3) is 0.429. The molecule has 0 radical (unpaired) electrons. The lowest BCUT2D eigenvalue weighted by atomic mass is 9.95. The van der Waals surface area contributed by atoms with Crippen molar-refractivity contribution in [3.8, 4) is 22.5 Å². The molecular formula is C28H36N5O6P. The number of phosphoric acid groups is 1. The van der Waals surface area contributed by atoms with E-state index < -0.39 is 7.82 Å². The highest BCUT2D eigenvalue weighted by Crippen LogP contribution is 2.43. The standard InChI is InChI=1S/C28H36N5O6P/c1-3-38-40(36,37)39-19-11-5-4-10-18-29-25(34)16-17-26(35)33-20-21-12-6-7-13-22(21)28-27(30-31-32(28)2)23-14-8-9-15-24(23)33/h6-9,12-15H,3-5,10-11,16-20H2,1-2H3,(H,29,34)(H,36,37). The van der Waals surface area contributed by atoms with Crippen LogP contribution in [0.2, 0.25) is 0 Å². The molecule has 0 fully saturated rings. The molecule has 2 aromatic carbocycles. The van der Waals surface area contributed by atoms with Gasteiger partial charge in [-0.05, 0) is 31.4 Å². The second kappa shape index (κ2) is 13.8. The van der Waals surface area contributed by atoms with E-state index in [4.69, 9.17) is 4.52 Å². The molecule has 1 aromatic heterocycles. The first-order valence-corrected chi connectivity index (χ1v) is 15.1. The molecule has 214 valence electrons. The lowest BCUT2D eigenvalue weighted by Gasteiger charge is -2.28. The first-order valence-electron chi connectivity index (χ1n) is 13.6. The highest BCUT2D eigenvalue weighted by atomic mass is 31.2. The number of rotatable bonds is 13. The highest BCUT2D eigenvalue weighted by molar-refractivity contribution is 7.47. The van der Waals surface area contributed by atoms with Gasteiger partial charge in [0.15, 0.2) is 0 Å². The van der Waals surface area contributed by atoms with Gasteiger partial charge in [0.2, 0.25) is 11.8 Å². The van der Waals surface area contributed by atoms with E-state index >= 15 is 0 Å². The van der Waals surface area contributed by atoms with Gasteiger partial charge in [0.05, 0.1) is 31.1 Å². The van der Waals surface area contributed by atoms with Crippen LogP contribution in [-0.4, -0.2) is 51.5 Å². The summed E-state index contributed by atoms with van der Waals surface area (Å²) in [7, 11) is -2.08. The van der Waals surface area contributed by atoms with Crippen LogP contribution in [-0.2, 0) is 36.8 Å². The fourth-order valence-electron chi connectivity index (χ4n) is 4.75. The Balaban J connectivity index is 1.30. The number of unbranched alkanes of at least 4 members (excludes halogenated alkanes) is 3. The second-order valence-electron chi connectivity index (χ2n) is 9.55. The number of hydrogen-bond donors (Lipinski definition) is 2. The molecule has 0 saturated heterocycles. The Morgan fingerprint density at radius 1 is 1.00 bits per heavy atom. The maximum absolute atomic E-state index is 13.5. The molecule has 2 amide bonds. The van der Waals surface area contributed by atoms with Crippen LogP contribution < -0.4 is 10.2 Å². The summed E-state index contributed by atoms with van der Waals surface area (Å²) in [5, 5.41) is 11.6. The van der Waals surface area contributed by atoms with Crippen LogP contribution in [0.25, 0.3) is 22.5 Å². The molecule has 1 unspecified atom stereocenters. The predicted molar refractivity (Wildman–Crippen MR) is 151 cm³/mol. The number of benzene rings is 2. The number of carbonyl (C=O) groups excluding carboxylic acids is 2. The lowest BCUT2D eigenvalue weighted by Crippen LogP contribution is -2.33. The number of nitrogens with one attached hydrogen (secondary N) is 1. The van der Waals surface area contributed by atoms with Crippen LogP contribution in [0.15, 0.2) is 48.5 Å². The number of fused-ring (bicyclic) bond motifs is 5. The van der Waals surface area contributed by atoms with E-state index in [2.05, 4.69) is 20.2 Å². The van der Waals surface area contributed by atoms with E-state index in [0.29, 0.717) is 25.2 Å².